The molecule has 0 fully saturated rings. The molecule has 0 atom stereocenters. The molecule has 2 aromatic rings. The monoisotopic (exact) mass is 189 g/mol. The molecule has 0 saturated carbocycles. The van der Waals surface area contributed by atoms with Crippen LogP contribution in [0.3, 0.4) is 0 Å². The van der Waals surface area contributed by atoms with Gasteiger partial charge in [0.2, 0.25) is 0 Å². The highest BCUT2D eigenvalue weighted by Gasteiger charge is 2.00. The Morgan fingerprint density at radius 3 is 2.93 bits per heavy atom. The van der Waals surface area contributed by atoms with Crippen LogP contribution in [0.1, 0.15) is 24.6 Å². The quantitative estimate of drug-likeness (QED) is 0.799. The molecule has 0 saturated heterocycles. The molecule has 0 amide bonds. The molecular formula is C11H15N3. The van der Waals surface area contributed by atoms with Gasteiger partial charge < -0.3 is 10.1 Å². The van der Waals surface area contributed by atoms with Crippen LogP contribution in [0.25, 0.3) is 5.65 Å². The lowest BCUT2D eigenvalue weighted by Gasteiger charge is -1.96. The highest BCUT2D eigenvalue weighted by Crippen LogP contribution is 2.08. The Hall–Kier alpha value is -1.35. The molecule has 0 bridgehead atoms. The zero-order valence-electron chi connectivity index (χ0n) is 8.40. The number of fused-ring (bicyclic) bond motifs is 1. The van der Waals surface area contributed by atoms with E-state index in [2.05, 4.69) is 18.1 Å². The van der Waals surface area contributed by atoms with Gasteiger partial charge in [-0.1, -0.05) is 19.4 Å². The second-order valence-electron chi connectivity index (χ2n) is 3.49. The van der Waals surface area contributed by atoms with Gasteiger partial charge in [-0.2, -0.15) is 0 Å². The number of rotatable bonds is 3. The van der Waals surface area contributed by atoms with Crippen molar-refractivity contribution in [1.29, 1.82) is 0 Å². The Labute approximate surface area is 83.6 Å². The van der Waals surface area contributed by atoms with Gasteiger partial charge in [0.25, 0.3) is 0 Å². The Kier molecular flexibility index (Phi) is 2.50. The van der Waals surface area contributed by atoms with E-state index in [0.29, 0.717) is 6.54 Å². The van der Waals surface area contributed by atoms with Gasteiger partial charge in [-0.15, -0.1) is 0 Å². The maximum atomic E-state index is 5.57. The molecule has 0 aliphatic heterocycles. The van der Waals surface area contributed by atoms with Crippen LogP contribution in [0.5, 0.6) is 0 Å². The summed E-state index contributed by atoms with van der Waals surface area (Å²) in [5, 5.41) is 0. The molecule has 2 N–H and O–H groups in total. The lowest BCUT2D eigenvalue weighted by Crippen LogP contribution is -1.97. The Bertz CT molecular complexity index is 431. The Balaban J connectivity index is 2.43. The first-order chi connectivity index (χ1) is 6.83. The van der Waals surface area contributed by atoms with E-state index < -0.39 is 0 Å². The second kappa shape index (κ2) is 3.80. The molecule has 0 aliphatic carbocycles. The molecule has 2 aromatic heterocycles. The van der Waals surface area contributed by atoms with Crippen molar-refractivity contribution in [3.05, 3.63) is 35.8 Å². The lowest BCUT2D eigenvalue weighted by molar-refractivity contribution is 0.893. The molecule has 0 aromatic carbocycles. The molecule has 0 spiro atoms. The molecule has 14 heavy (non-hydrogen) atoms. The average Bonchev–Trinajstić information content (AvgIpc) is 2.59. The summed E-state index contributed by atoms with van der Waals surface area (Å²) in [5.41, 5.74) is 8.87. The van der Waals surface area contributed by atoms with E-state index in [0.717, 1.165) is 29.7 Å². The number of hydrogen-bond donors (Lipinski definition) is 1. The predicted octanol–water partition coefficient (Wildman–Crippen LogP) is 1.75. The number of hydrogen-bond acceptors (Lipinski definition) is 2. The molecule has 0 aliphatic rings. The minimum Gasteiger partial charge on any atom is -0.326 e. The average molecular weight is 189 g/mol. The van der Waals surface area contributed by atoms with E-state index in [1.54, 1.807) is 0 Å². The van der Waals surface area contributed by atoms with Gasteiger partial charge in [-0.05, 0) is 18.1 Å². The largest absolute Gasteiger partial charge is 0.326 e. The molecule has 0 unspecified atom stereocenters. The van der Waals surface area contributed by atoms with E-state index in [9.17, 15) is 0 Å². The molecule has 2 rings (SSSR count). The van der Waals surface area contributed by atoms with Crippen molar-refractivity contribution in [3.63, 3.8) is 0 Å². The first-order valence-corrected chi connectivity index (χ1v) is 5.00. The van der Waals surface area contributed by atoms with Gasteiger partial charge in [0.15, 0.2) is 0 Å². The third-order valence-corrected chi connectivity index (χ3v) is 2.30. The highest BCUT2D eigenvalue weighted by atomic mass is 15.0. The first-order valence-electron chi connectivity index (χ1n) is 5.00. The van der Waals surface area contributed by atoms with Crippen LogP contribution < -0.4 is 5.73 Å². The number of imidazole rings is 1. The summed E-state index contributed by atoms with van der Waals surface area (Å²) in [5.74, 6) is 0. The first kappa shape index (κ1) is 9.21. The number of nitrogens with zero attached hydrogens (tertiary/aromatic N) is 2. The van der Waals surface area contributed by atoms with Gasteiger partial charge in [-0.3, -0.25) is 0 Å². The zero-order chi connectivity index (χ0) is 9.97. The van der Waals surface area contributed by atoms with Crippen molar-refractivity contribution in [1.82, 2.24) is 9.38 Å². The van der Waals surface area contributed by atoms with Crippen LogP contribution in [0.2, 0.25) is 0 Å². The van der Waals surface area contributed by atoms with Crippen molar-refractivity contribution in [3.8, 4) is 0 Å². The van der Waals surface area contributed by atoms with Gasteiger partial charge >= 0.3 is 0 Å². The summed E-state index contributed by atoms with van der Waals surface area (Å²) >= 11 is 0. The fourth-order valence-corrected chi connectivity index (χ4v) is 1.59. The molecule has 74 valence electrons. The predicted molar refractivity (Wildman–Crippen MR) is 57.1 cm³/mol. The molecule has 3 nitrogen and oxygen atoms in total. The smallest absolute Gasteiger partial charge is 0.136 e. The summed E-state index contributed by atoms with van der Waals surface area (Å²) < 4.78 is 2.05. The standard InChI is InChI=1S/C11H15N3/c1-2-3-10-8-14-7-9(6-12)4-5-11(14)13-10/h4-5,7-8H,2-3,6,12H2,1H3. The maximum Gasteiger partial charge on any atom is 0.136 e. The van der Waals surface area contributed by atoms with Crippen LogP contribution in [-0.2, 0) is 13.0 Å². The minimum absolute atomic E-state index is 0.581. The summed E-state index contributed by atoms with van der Waals surface area (Å²) in [6.07, 6.45) is 6.30. The van der Waals surface area contributed by atoms with Crippen LogP contribution in [0.15, 0.2) is 24.5 Å². The fraction of sp³-hybridized carbons (Fsp3) is 0.364. The van der Waals surface area contributed by atoms with E-state index in [4.69, 9.17) is 5.73 Å². The molecule has 3 heteroatoms. The van der Waals surface area contributed by atoms with Gasteiger partial charge in [-0.25, -0.2) is 4.98 Å². The normalized spacial score (nSPS) is 11.0. The highest BCUT2D eigenvalue weighted by molar-refractivity contribution is 5.41. The van der Waals surface area contributed by atoms with Crippen molar-refractivity contribution in [2.24, 2.45) is 5.73 Å². The molecule has 2 heterocycles. The number of nitrogens with two attached hydrogens (primary N) is 1. The summed E-state index contributed by atoms with van der Waals surface area (Å²) in [7, 11) is 0. The van der Waals surface area contributed by atoms with Crippen LogP contribution >= 0.6 is 0 Å². The topological polar surface area (TPSA) is 43.3 Å². The van der Waals surface area contributed by atoms with Gasteiger partial charge in [0, 0.05) is 18.9 Å². The fourth-order valence-electron chi connectivity index (χ4n) is 1.59. The Morgan fingerprint density at radius 2 is 2.21 bits per heavy atom. The van der Waals surface area contributed by atoms with Crippen LogP contribution in [0, 0.1) is 0 Å². The van der Waals surface area contributed by atoms with Crippen molar-refractivity contribution < 1.29 is 0 Å². The zero-order valence-corrected chi connectivity index (χ0v) is 8.40. The van der Waals surface area contributed by atoms with Crippen LogP contribution in [0.4, 0.5) is 0 Å². The molecule has 0 radical (unpaired) electrons. The van der Waals surface area contributed by atoms with Gasteiger partial charge in [0.1, 0.15) is 5.65 Å². The van der Waals surface area contributed by atoms with E-state index in [1.165, 1.54) is 0 Å². The van der Waals surface area contributed by atoms with E-state index >= 15 is 0 Å². The third-order valence-electron chi connectivity index (χ3n) is 2.30. The summed E-state index contributed by atoms with van der Waals surface area (Å²) in [4.78, 5) is 4.50. The third kappa shape index (κ3) is 1.63. The SMILES string of the molecule is CCCc1cn2cc(CN)ccc2n1. The van der Waals surface area contributed by atoms with E-state index in [1.807, 2.05) is 22.7 Å². The maximum absolute atomic E-state index is 5.57. The van der Waals surface area contributed by atoms with Crippen molar-refractivity contribution in [2.75, 3.05) is 0 Å². The minimum atomic E-state index is 0.581. The second-order valence-corrected chi connectivity index (χ2v) is 3.49. The number of pyridine rings is 1. The molecular weight excluding hydrogens is 174 g/mol. The van der Waals surface area contributed by atoms with E-state index in [-0.39, 0.29) is 0 Å². The van der Waals surface area contributed by atoms with Gasteiger partial charge in [0.05, 0.1) is 5.69 Å². The van der Waals surface area contributed by atoms with Crippen LogP contribution in [-0.4, -0.2) is 9.38 Å². The van der Waals surface area contributed by atoms with Crippen molar-refractivity contribution in [2.45, 2.75) is 26.3 Å². The van der Waals surface area contributed by atoms with Crippen molar-refractivity contribution >= 4 is 5.65 Å². The number of aromatic nitrogens is 2. The summed E-state index contributed by atoms with van der Waals surface area (Å²) in [6, 6.07) is 4.04. The Morgan fingerprint density at radius 1 is 1.36 bits per heavy atom. The number of aryl methyl sites for hydroxylation is 1. The lowest BCUT2D eigenvalue weighted by atomic mass is 10.3. The summed E-state index contributed by atoms with van der Waals surface area (Å²) in [6.45, 7) is 2.74.